The van der Waals surface area contributed by atoms with Crippen LogP contribution in [0.3, 0.4) is 0 Å². The molecule has 1 saturated carbocycles. The van der Waals surface area contributed by atoms with Crippen LogP contribution in [-0.2, 0) is 19.7 Å². The van der Waals surface area contributed by atoms with Crippen molar-refractivity contribution in [2.75, 3.05) is 7.11 Å². The molecule has 0 saturated heterocycles. The Bertz CT molecular complexity index is 1230. The number of carbonyl (C=O) groups is 2. The molecule has 0 aromatic heterocycles. The van der Waals surface area contributed by atoms with Crippen molar-refractivity contribution in [2.24, 2.45) is 0 Å². The first-order chi connectivity index (χ1) is 16.9. The molecule has 3 aromatic carbocycles. The SMILES string of the molecule is COC(=O)/C(=C/c1ccc(Oc2ccccc2I)cc1)NC(=O)C1(c2ccc(Cl)cc2)CCCC1. The highest BCUT2D eigenvalue weighted by atomic mass is 127. The van der Waals surface area contributed by atoms with Gasteiger partial charge in [0.2, 0.25) is 5.91 Å². The van der Waals surface area contributed by atoms with Gasteiger partial charge in [0, 0.05) is 5.02 Å². The molecule has 0 aliphatic heterocycles. The van der Waals surface area contributed by atoms with E-state index in [4.69, 9.17) is 21.1 Å². The number of benzene rings is 3. The van der Waals surface area contributed by atoms with E-state index in [0.29, 0.717) is 23.6 Å². The molecule has 1 N–H and O–H groups in total. The minimum Gasteiger partial charge on any atom is -0.464 e. The zero-order chi connectivity index (χ0) is 24.8. The number of methoxy groups -OCH3 is 1. The van der Waals surface area contributed by atoms with Crippen molar-refractivity contribution in [3.63, 3.8) is 0 Å². The van der Waals surface area contributed by atoms with Crippen LogP contribution in [0, 0.1) is 3.57 Å². The normalized spacial score (nSPS) is 14.9. The molecule has 0 heterocycles. The van der Waals surface area contributed by atoms with Gasteiger partial charge in [-0.3, -0.25) is 4.79 Å². The molecule has 3 aromatic rings. The summed E-state index contributed by atoms with van der Waals surface area (Å²) in [6, 6.07) is 22.4. The number of rotatable bonds is 7. The van der Waals surface area contributed by atoms with E-state index in [9.17, 15) is 9.59 Å². The molecule has 7 heteroatoms. The second-order valence-electron chi connectivity index (χ2n) is 8.40. The number of hydrogen-bond donors (Lipinski definition) is 1. The quantitative estimate of drug-likeness (QED) is 0.182. The number of nitrogens with one attached hydrogen (secondary N) is 1. The molecule has 0 atom stereocenters. The summed E-state index contributed by atoms with van der Waals surface area (Å²) in [4.78, 5) is 26.1. The monoisotopic (exact) mass is 601 g/mol. The zero-order valence-electron chi connectivity index (χ0n) is 19.2. The van der Waals surface area contributed by atoms with Crippen LogP contribution in [0.2, 0.25) is 5.02 Å². The van der Waals surface area contributed by atoms with Crippen LogP contribution in [0.5, 0.6) is 11.5 Å². The van der Waals surface area contributed by atoms with Crippen molar-refractivity contribution >= 4 is 52.1 Å². The summed E-state index contributed by atoms with van der Waals surface area (Å²) in [6.45, 7) is 0. The molecule has 35 heavy (non-hydrogen) atoms. The molecule has 1 aliphatic rings. The van der Waals surface area contributed by atoms with Gasteiger partial charge in [0.25, 0.3) is 0 Å². The Balaban J connectivity index is 1.56. The molecule has 0 unspecified atom stereocenters. The number of para-hydroxylation sites is 1. The fraction of sp³-hybridized carbons (Fsp3) is 0.214. The van der Waals surface area contributed by atoms with Crippen molar-refractivity contribution in [1.82, 2.24) is 5.32 Å². The smallest absolute Gasteiger partial charge is 0.354 e. The average molecular weight is 602 g/mol. The van der Waals surface area contributed by atoms with Gasteiger partial charge in [0.15, 0.2) is 0 Å². The standard InChI is InChI=1S/C28H25ClINO4/c1-34-26(32)24(18-19-8-14-22(15-9-19)35-25-7-3-2-6-23(25)30)31-27(33)28(16-4-5-17-28)20-10-12-21(29)13-11-20/h2-3,6-15,18H,4-5,16-17H2,1H3,(H,31,33)/b24-18-. The summed E-state index contributed by atoms with van der Waals surface area (Å²) in [5.74, 6) is 0.611. The van der Waals surface area contributed by atoms with Crippen LogP contribution in [0.25, 0.3) is 6.08 Å². The number of carbonyl (C=O) groups excluding carboxylic acids is 2. The maximum atomic E-state index is 13.5. The molecule has 180 valence electrons. The van der Waals surface area contributed by atoms with Crippen molar-refractivity contribution in [3.05, 3.63) is 98.2 Å². The number of amides is 1. The van der Waals surface area contributed by atoms with E-state index in [1.807, 2.05) is 60.7 Å². The topological polar surface area (TPSA) is 64.6 Å². The van der Waals surface area contributed by atoms with E-state index in [-0.39, 0.29) is 11.6 Å². The molecule has 4 rings (SSSR count). The van der Waals surface area contributed by atoms with E-state index >= 15 is 0 Å². The Hall–Kier alpha value is -2.84. The van der Waals surface area contributed by atoms with Crippen LogP contribution in [0.1, 0.15) is 36.8 Å². The Morgan fingerprint density at radius 3 is 2.26 bits per heavy atom. The summed E-state index contributed by atoms with van der Waals surface area (Å²) in [5.41, 5.74) is 1.01. The Kier molecular flexibility index (Phi) is 8.13. The first kappa shape index (κ1) is 25.3. The van der Waals surface area contributed by atoms with Crippen LogP contribution < -0.4 is 10.1 Å². The summed E-state index contributed by atoms with van der Waals surface area (Å²) >= 11 is 8.28. The van der Waals surface area contributed by atoms with Crippen molar-refractivity contribution in [2.45, 2.75) is 31.1 Å². The van der Waals surface area contributed by atoms with Crippen LogP contribution in [0.15, 0.2) is 78.5 Å². The van der Waals surface area contributed by atoms with Crippen molar-refractivity contribution < 1.29 is 19.1 Å². The second kappa shape index (κ2) is 11.3. The summed E-state index contributed by atoms with van der Waals surface area (Å²) in [6.07, 6.45) is 4.91. The first-order valence-corrected chi connectivity index (χ1v) is 12.8. The minimum atomic E-state index is -0.706. The summed E-state index contributed by atoms with van der Waals surface area (Å²) < 4.78 is 11.9. The van der Waals surface area contributed by atoms with E-state index in [1.54, 1.807) is 18.2 Å². The number of ether oxygens (including phenoxy) is 2. The number of esters is 1. The highest BCUT2D eigenvalue weighted by molar-refractivity contribution is 14.1. The van der Waals surface area contributed by atoms with Crippen LogP contribution in [-0.4, -0.2) is 19.0 Å². The third kappa shape index (κ3) is 5.87. The largest absolute Gasteiger partial charge is 0.464 e. The maximum Gasteiger partial charge on any atom is 0.354 e. The van der Waals surface area contributed by atoms with E-state index in [1.165, 1.54) is 7.11 Å². The molecular formula is C28H25ClINO4. The van der Waals surface area contributed by atoms with E-state index < -0.39 is 11.4 Å². The number of hydrogen-bond acceptors (Lipinski definition) is 4. The van der Waals surface area contributed by atoms with Gasteiger partial charge < -0.3 is 14.8 Å². The molecule has 0 spiro atoms. The molecule has 5 nitrogen and oxygen atoms in total. The van der Waals surface area contributed by atoms with Gasteiger partial charge in [-0.2, -0.15) is 0 Å². The predicted octanol–water partition coefficient (Wildman–Crippen LogP) is 6.88. The minimum absolute atomic E-state index is 0.0871. The average Bonchev–Trinajstić information content (AvgIpc) is 3.37. The zero-order valence-corrected chi connectivity index (χ0v) is 22.1. The lowest BCUT2D eigenvalue weighted by Crippen LogP contribution is -2.43. The molecule has 1 amide bonds. The highest BCUT2D eigenvalue weighted by Gasteiger charge is 2.43. The molecule has 1 fully saturated rings. The fourth-order valence-corrected chi connectivity index (χ4v) is 4.97. The van der Waals surface area contributed by atoms with E-state index in [0.717, 1.165) is 33.3 Å². The van der Waals surface area contributed by atoms with Gasteiger partial charge in [-0.25, -0.2) is 4.79 Å². The van der Waals surface area contributed by atoms with Gasteiger partial charge in [-0.05, 0) is 89.0 Å². The fourth-order valence-electron chi connectivity index (χ4n) is 4.35. The lowest BCUT2D eigenvalue weighted by atomic mass is 9.78. The van der Waals surface area contributed by atoms with Crippen molar-refractivity contribution in [1.29, 1.82) is 0 Å². The highest BCUT2D eigenvalue weighted by Crippen LogP contribution is 2.42. The summed E-state index contributed by atoms with van der Waals surface area (Å²) in [5, 5.41) is 3.47. The third-order valence-electron chi connectivity index (χ3n) is 6.20. The Morgan fingerprint density at radius 2 is 1.63 bits per heavy atom. The lowest BCUT2D eigenvalue weighted by molar-refractivity contribution is -0.138. The van der Waals surface area contributed by atoms with Gasteiger partial charge in [0.05, 0.1) is 16.1 Å². The first-order valence-electron chi connectivity index (χ1n) is 11.3. The third-order valence-corrected chi connectivity index (χ3v) is 7.34. The number of halogens is 2. The van der Waals surface area contributed by atoms with Gasteiger partial charge in [0.1, 0.15) is 17.2 Å². The van der Waals surface area contributed by atoms with Crippen molar-refractivity contribution in [3.8, 4) is 11.5 Å². The molecular weight excluding hydrogens is 577 g/mol. The van der Waals surface area contributed by atoms with Gasteiger partial charge >= 0.3 is 5.97 Å². The predicted molar refractivity (Wildman–Crippen MR) is 145 cm³/mol. The Morgan fingerprint density at radius 1 is 0.971 bits per heavy atom. The molecule has 0 bridgehead atoms. The van der Waals surface area contributed by atoms with Gasteiger partial charge in [-0.15, -0.1) is 0 Å². The molecule has 1 aliphatic carbocycles. The molecule has 0 radical (unpaired) electrons. The Labute approximate surface area is 223 Å². The maximum absolute atomic E-state index is 13.5. The van der Waals surface area contributed by atoms with E-state index in [2.05, 4.69) is 27.9 Å². The van der Waals surface area contributed by atoms with Crippen LogP contribution >= 0.6 is 34.2 Å². The lowest BCUT2D eigenvalue weighted by Gasteiger charge is -2.28. The summed E-state index contributed by atoms with van der Waals surface area (Å²) in [7, 11) is 1.30. The second-order valence-corrected chi connectivity index (χ2v) is 10.00. The van der Waals surface area contributed by atoms with Crippen LogP contribution in [0.4, 0.5) is 0 Å². The van der Waals surface area contributed by atoms with Gasteiger partial charge in [-0.1, -0.05) is 60.8 Å².